The largest absolute Gasteiger partial charge is 0.319 e. The first-order valence-electron chi connectivity index (χ1n) is 7.89. The van der Waals surface area contributed by atoms with Crippen LogP contribution in [0.25, 0.3) is 0 Å². The molecule has 0 aromatic heterocycles. The number of piperidine rings is 1. The Hall–Kier alpha value is -1.05. The van der Waals surface area contributed by atoms with E-state index in [2.05, 4.69) is 18.2 Å². The number of hydrogen-bond acceptors (Lipinski definition) is 1. The second-order valence-corrected chi connectivity index (χ2v) is 6.86. The molecule has 1 amide bonds. The van der Waals surface area contributed by atoms with Crippen LogP contribution in [0.5, 0.6) is 0 Å². The minimum atomic E-state index is 0.317. The number of fused-ring (bicyclic) bond motifs is 5. The Bertz CT molecular complexity index is 464. The smallest absolute Gasteiger partial charge is 0.226 e. The number of allylic oxidation sites excluding steroid dienone is 4. The molecule has 0 N–H and O–H groups in total. The molecule has 3 aliphatic carbocycles. The van der Waals surface area contributed by atoms with Gasteiger partial charge in [0.25, 0.3) is 0 Å². The SMILES string of the molecule is CN1C(=O)CCC2C1=CCC1C3CC=CC3CCC21. The Kier molecular flexibility index (Phi) is 2.61. The predicted molar refractivity (Wildman–Crippen MR) is 75.1 cm³/mol. The first-order chi connectivity index (χ1) is 9.25. The topological polar surface area (TPSA) is 20.3 Å². The molecule has 0 bridgehead atoms. The number of carbonyl (C=O) groups is 1. The van der Waals surface area contributed by atoms with Crippen molar-refractivity contribution in [1.29, 1.82) is 0 Å². The van der Waals surface area contributed by atoms with E-state index in [9.17, 15) is 4.79 Å². The fourth-order valence-corrected chi connectivity index (χ4v) is 5.26. The lowest BCUT2D eigenvalue weighted by atomic mass is 9.58. The third kappa shape index (κ3) is 1.65. The molecule has 1 saturated heterocycles. The minimum Gasteiger partial charge on any atom is -0.319 e. The zero-order chi connectivity index (χ0) is 13.0. The van der Waals surface area contributed by atoms with Crippen LogP contribution in [0.2, 0.25) is 0 Å². The summed E-state index contributed by atoms with van der Waals surface area (Å²) in [6.45, 7) is 0. The summed E-state index contributed by atoms with van der Waals surface area (Å²) in [4.78, 5) is 13.8. The molecule has 5 unspecified atom stereocenters. The second kappa shape index (κ2) is 4.22. The summed E-state index contributed by atoms with van der Waals surface area (Å²) in [5.41, 5.74) is 1.35. The van der Waals surface area contributed by atoms with Crippen molar-refractivity contribution in [3.63, 3.8) is 0 Å². The maximum atomic E-state index is 11.9. The Morgan fingerprint density at radius 1 is 1.11 bits per heavy atom. The van der Waals surface area contributed by atoms with Crippen LogP contribution in [0, 0.1) is 29.6 Å². The van der Waals surface area contributed by atoms with Gasteiger partial charge in [-0.25, -0.2) is 0 Å². The van der Waals surface area contributed by atoms with Crippen molar-refractivity contribution in [2.75, 3.05) is 7.05 Å². The van der Waals surface area contributed by atoms with E-state index in [1.807, 2.05) is 11.9 Å². The maximum absolute atomic E-state index is 11.9. The number of amides is 1. The van der Waals surface area contributed by atoms with Gasteiger partial charge in [0.1, 0.15) is 0 Å². The first-order valence-corrected chi connectivity index (χ1v) is 7.89. The van der Waals surface area contributed by atoms with Gasteiger partial charge in [-0.05, 0) is 55.8 Å². The van der Waals surface area contributed by atoms with E-state index >= 15 is 0 Å². The van der Waals surface area contributed by atoms with Crippen LogP contribution in [0.15, 0.2) is 23.9 Å². The van der Waals surface area contributed by atoms with Crippen molar-refractivity contribution < 1.29 is 4.79 Å². The molecular formula is C17H23NO. The predicted octanol–water partition coefficient (Wildman–Crippen LogP) is 3.36. The van der Waals surface area contributed by atoms with Crippen LogP contribution in [-0.2, 0) is 4.79 Å². The molecule has 0 spiro atoms. The Morgan fingerprint density at radius 3 is 2.89 bits per heavy atom. The Balaban J connectivity index is 1.64. The lowest BCUT2D eigenvalue weighted by molar-refractivity contribution is -0.131. The van der Waals surface area contributed by atoms with Gasteiger partial charge < -0.3 is 4.90 Å². The molecule has 2 nitrogen and oxygen atoms in total. The zero-order valence-corrected chi connectivity index (χ0v) is 11.7. The monoisotopic (exact) mass is 257 g/mol. The summed E-state index contributed by atoms with van der Waals surface area (Å²) in [7, 11) is 1.98. The molecule has 0 radical (unpaired) electrons. The van der Waals surface area contributed by atoms with Gasteiger partial charge in [-0.1, -0.05) is 18.2 Å². The number of hydrogen-bond donors (Lipinski definition) is 0. The number of rotatable bonds is 0. The lowest BCUT2D eigenvalue weighted by Crippen LogP contribution is -2.45. The van der Waals surface area contributed by atoms with E-state index in [-0.39, 0.29) is 0 Å². The molecular weight excluding hydrogens is 234 g/mol. The van der Waals surface area contributed by atoms with Gasteiger partial charge in [-0.2, -0.15) is 0 Å². The molecule has 4 rings (SSSR count). The van der Waals surface area contributed by atoms with Crippen molar-refractivity contribution in [1.82, 2.24) is 4.90 Å². The molecule has 1 heterocycles. The van der Waals surface area contributed by atoms with Crippen LogP contribution in [0.1, 0.15) is 38.5 Å². The molecule has 4 aliphatic rings. The summed E-state index contributed by atoms with van der Waals surface area (Å²) in [6.07, 6.45) is 14.4. The Morgan fingerprint density at radius 2 is 2.00 bits per heavy atom. The fourth-order valence-electron chi connectivity index (χ4n) is 5.26. The lowest BCUT2D eigenvalue weighted by Gasteiger charge is -2.49. The molecule has 5 atom stereocenters. The van der Waals surface area contributed by atoms with Crippen LogP contribution in [-0.4, -0.2) is 17.9 Å². The quantitative estimate of drug-likeness (QED) is 0.609. The number of likely N-dealkylation sites (tertiary alicyclic amines) is 1. The normalized spacial score (nSPS) is 44.5. The molecule has 2 fully saturated rings. The summed E-state index contributed by atoms with van der Waals surface area (Å²) >= 11 is 0. The van der Waals surface area contributed by atoms with E-state index in [0.717, 1.165) is 36.5 Å². The first kappa shape index (κ1) is 11.7. The van der Waals surface area contributed by atoms with Crippen LogP contribution < -0.4 is 0 Å². The molecule has 0 aromatic carbocycles. The summed E-state index contributed by atoms with van der Waals surface area (Å²) in [5.74, 6) is 4.47. The zero-order valence-electron chi connectivity index (χ0n) is 11.7. The third-order valence-corrected chi connectivity index (χ3v) is 6.20. The summed E-state index contributed by atoms with van der Waals surface area (Å²) in [5, 5.41) is 0. The number of carbonyl (C=O) groups excluding carboxylic acids is 1. The van der Waals surface area contributed by atoms with Gasteiger partial charge in [0.15, 0.2) is 0 Å². The fraction of sp³-hybridized carbons (Fsp3) is 0.706. The van der Waals surface area contributed by atoms with Crippen molar-refractivity contribution in [2.45, 2.75) is 38.5 Å². The van der Waals surface area contributed by atoms with E-state index in [0.29, 0.717) is 11.8 Å². The van der Waals surface area contributed by atoms with E-state index in [1.54, 1.807) is 0 Å². The van der Waals surface area contributed by atoms with Crippen molar-refractivity contribution in [3.05, 3.63) is 23.9 Å². The highest BCUT2D eigenvalue weighted by molar-refractivity contribution is 5.79. The van der Waals surface area contributed by atoms with Crippen LogP contribution in [0.4, 0.5) is 0 Å². The number of nitrogens with zero attached hydrogens (tertiary/aromatic N) is 1. The van der Waals surface area contributed by atoms with E-state index in [1.165, 1.54) is 31.4 Å². The van der Waals surface area contributed by atoms with E-state index in [4.69, 9.17) is 0 Å². The van der Waals surface area contributed by atoms with Crippen molar-refractivity contribution >= 4 is 5.91 Å². The highest BCUT2D eigenvalue weighted by Gasteiger charge is 2.46. The Labute approximate surface area is 115 Å². The molecule has 2 heteroatoms. The van der Waals surface area contributed by atoms with Crippen molar-refractivity contribution in [3.8, 4) is 0 Å². The van der Waals surface area contributed by atoms with Crippen molar-refractivity contribution in [2.24, 2.45) is 29.6 Å². The van der Waals surface area contributed by atoms with Gasteiger partial charge in [0.05, 0.1) is 0 Å². The maximum Gasteiger partial charge on any atom is 0.226 e. The van der Waals surface area contributed by atoms with Crippen LogP contribution >= 0.6 is 0 Å². The van der Waals surface area contributed by atoms with Gasteiger partial charge in [0.2, 0.25) is 5.91 Å². The highest BCUT2D eigenvalue weighted by Crippen LogP contribution is 2.54. The van der Waals surface area contributed by atoms with Gasteiger partial charge in [-0.15, -0.1) is 0 Å². The average Bonchev–Trinajstić information content (AvgIpc) is 2.91. The minimum absolute atomic E-state index is 0.317. The molecule has 1 saturated carbocycles. The summed E-state index contributed by atoms with van der Waals surface area (Å²) < 4.78 is 0. The average molecular weight is 257 g/mol. The van der Waals surface area contributed by atoms with Gasteiger partial charge >= 0.3 is 0 Å². The molecule has 1 aliphatic heterocycles. The molecule has 102 valence electrons. The molecule has 19 heavy (non-hydrogen) atoms. The highest BCUT2D eigenvalue weighted by atomic mass is 16.2. The van der Waals surface area contributed by atoms with E-state index < -0.39 is 0 Å². The van der Waals surface area contributed by atoms with Gasteiger partial charge in [0, 0.05) is 25.1 Å². The third-order valence-electron chi connectivity index (χ3n) is 6.20. The standard InChI is InChI=1S/C17H23NO/c1-18-16-9-7-13-12-4-2-3-11(12)5-6-14(13)15(16)8-10-17(18)19/h2-3,9,11-15H,4-8,10H2,1H3. The summed E-state index contributed by atoms with van der Waals surface area (Å²) in [6, 6.07) is 0. The second-order valence-electron chi connectivity index (χ2n) is 6.86. The van der Waals surface area contributed by atoms with Crippen LogP contribution in [0.3, 0.4) is 0 Å². The van der Waals surface area contributed by atoms with Gasteiger partial charge in [-0.3, -0.25) is 4.79 Å². The molecule has 0 aromatic rings.